The molecule has 0 fully saturated rings. The molecular weight excluding hydrogens is 430 g/mol. The van der Waals surface area contributed by atoms with E-state index in [1.54, 1.807) is 36.4 Å². The number of anilines is 1. The van der Waals surface area contributed by atoms with E-state index in [-0.39, 0.29) is 25.0 Å². The van der Waals surface area contributed by atoms with Crippen LogP contribution in [0.1, 0.15) is 21.5 Å². The number of amides is 2. The highest BCUT2D eigenvalue weighted by molar-refractivity contribution is 6.31. The van der Waals surface area contributed by atoms with E-state index in [0.29, 0.717) is 38.9 Å². The summed E-state index contributed by atoms with van der Waals surface area (Å²) in [6, 6.07) is 20.5. The summed E-state index contributed by atoms with van der Waals surface area (Å²) in [7, 11) is 1.49. The lowest BCUT2D eigenvalue weighted by Crippen LogP contribution is -2.24. The molecule has 0 saturated carbocycles. The van der Waals surface area contributed by atoms with Gasteiger partial charge < -0.3 is 20.1 Å². The Morgan fingerprint density at radius 1 is 1.06 bits per heavy atom. The zero-order valence-electron chi connectivity index (χ0n) is 17.2. The van der Waals surface area contributed by atoms with Crippen LogP contribution >= 0.6 is 11.6 Å². The molecule has 0 radical (unpaired) electrons. The van der Waals surface area contributed by atoms with Crippen LogP contribution in [0, 0.1) is 11.3 Å². The Morgan fingerprint density at radius 3 is 2.56 bits per heavy atom. The van der Waals surface area contributed by atoms with Crippen LogP contribution in [0.2, 0.25) is 5.02 Å². The van der Waals surface area contributed by atoms with Gasteiger partial charge in [0.1, 0.15) is 11.5 Å². The topological polar surface area (TPSA) is 100 Å². The highest BCUT2D eigenvalue weighted by Crippen LogP contribution is 2.23. The van der Waals surface area contributed by atoms with Gasteiger partial charge in [0.05, 0.1) is 18.7 Å². The molecule has 3 aromatic rings. The third kappa shape index (κ3) is 6.24. The Bertz CT molecular complexity index is 1160. The van der Waals surface area contributed by atoms with E-state index >= 15 is 0 Å². The Balaban J connectivity index is 1.67. The van der Waals surface area contributed by atoms with Crippen molar-refractivity contribution in [3.63, 3.8) is 0 Å². The summed E-state index contributed by atoms with van der Waals surface area (Å²) in [5.74, 6) is 0.0909. The van der Waals surface area contributed by atoms with Gasteiger partial charge in [0.15, 0.2) is 6.61 Å². The molecule has 32 heavy (non-hydrogen) atoms. The molecule has 162 valence electrons. The molecular formula is C24H20ClN3O4. The molecule has 8 heteroatoms. The van der Waals surface area contributed by atoms with Crippen molar-refractivity contribution in [2.75, 3.05) is 19.0 Å². The normalized spacial score (nSPS) is 10.0. The zero-order chi connectivity index (χ0) is 22.9. The van der Waals surface area contributed by atoms with Gasteiger partial charge in [-0.05, 0) is 42.5 Å². The molecule has 2 amide bonds. The van der Waals surface area contributed by atoms with Crippen molar-refractivity contribution < 1.29 is 19.1 Å². The van der Waals surface area contributed by atoms with Crippen LogP contribution in [-0.4, -0.2) is 25.5 Å². The molecule has 0 heterocycles. The summed E-state index contributed by atoms with van der Waals surface area (Å²) in [4.78, 5) is 24.8. The molecule has 0 spiro atoms. The number of carbonyl (C=O) groups is 2. The first-order chi connectivity index (χ1) is 15.5. The van der Waals surface area contributed by atoms with Crippen molar-refractivity contribution in [2.24, 2.45) is 0 Å². The first-order valence-electron chi connectivity index (χ1n) is 9.62. The van der Waals surface area contributed by atoms with Crippen molar-refractivity contribution in [1.29, 1.82) is 5.26 Å². The van der Waals surface area contributed by atoms with E-state index in [1.165, 1.54) is 19.2 Å². The minimum Gasteiger partial charge on any atom is -0.497 e. The molecule has 7 nitrogen and oxygen atoms in total. The minimum absolute atomic E-state index is 0.120. The second kappa shape index (κ2) is 10.8. The molecule has 3 rings (SSSR count). The number of benzene rings is 3. The Hall–Kier alpha value is -4.02. The number of rotatable bonds is 8. The Labute approximate surface area is 190 Å². The fourth-order valence-corrected chi connectivity index (χ4v) is 3.08. The molecule has 0 aromatic heterocycles. The van der Waals surface area contributed by atoms with Gasteiger partial charge in [0, 0.05) is 28.4 Å². The van der Waals surface area contributed by atoms with Crippen LogP contribution in [0.3, 0.4) is 0 Å². The van der Waals surface area contributed by atoms with Gasteiger partial charge in [0.2, 0.25) is 0 Å². The maximum absolute atomic E-state index is 12.6. The van der Waals surface area contributed by atoms with E-state index < -0.39 is 0 Å². The second-order valence-electron chi connectivity index (χ2n) is 6.70. The average molecular weight is 450 g/mol. The Kier molecular flexibility index (Phi) is 7.68. The molecule has 2 N–H and O–H groups in total. The molecule has 3 aromatic carbocycles. The number of hydrogen-bond acceptors (Lipinski definition) is 5. The summed E-state index contributed by atoms with van der Waals surface area (Å²) < 4.78 is 10.8. The maximum Gasteiger partial charge on any atom is 0.262 e. The highest BCUT2D eigenvalue weighted by atomic mass is 35.5. The maximum atomic E-state index is 12.6. The standard InChI is InChI=1S/C24H20ClN3O4/c1-31-21-11-18(10-19(25)12-21)24(30)27-14-17-8-7-16(13-26)9-22(17)32-15-23(29)28-20-5-3-2-4-6-20/h2-12H,14-15H2,1H3,(H,27,30)(H,28,29). The van der Waals surface area contributed by atoms with Crippen molar-refractivity contribution >= 4 is 29.1 Å². The molecule has 0 bridgehead atoms. The van der Waals surface area contributed by atoms with Gasteiger partial charge in [-0.25, -0.2) is 0 Å². The fraction of sp³-hybridized carbons (Fsp3) is 0.125. The highest BCUT2D eigenvalue weighted by Gasteiger charge is 2.12. The summed E-state index contributed by atoms with van der Waals surface area (Å²) >= 11 is 6.03. The van der Waals surface area contributed by atoms with E-state index in [0.717, 1.165) is 0 Å². The van der Waals surface area contributed by atoms with Crippen LogP contribution < -0.4 is 20.1 Å². The monoisotopic (exact) mass is 449 g/mol. The van der Waals surface area contributed by atoms with Crippen LogP contribution in [-0.2, 0) is 11.3 Å². The summed E-state index contributed by atoms with van der Waals surface area (Å²) in [5.41, 5.74) is 1.97. The minimum atomic E-state index is -0.358. The van der Waals surface area contributed by atoms with Crippen LogP contribution in [0.15, 0.2) is 66.7 Å². The van der Waals surface area contributed by atoms with Crippen molar-refractivity contribution in [1.82, 2.24) is 5.32 Å². The number of para-hydroxylation sites is 1. The molecule has 0 aliphatic heterocycles. The quantitative estimate of drug-likeness (QED) is 0.537. The number of nitrogens with one attached hydrogen (secondary N) is 2. The average Bonchev–Trinajstić information content (AvgIpc) is 2.81. The molecule has 0 saturated heterocycles. The third-order valence-electron chi connectivity index (χ3n) is 4.42. The van der Waals surface area contributed by atoms with Crippen molar-refractivity contribution in [3.8, 4) is 17.6 Å². The van der Waals surface area contributed by atoms with Gasteiger partial charge in [-0.15, -0.1) is 0 Å². The first kappa shape index (κ1) is 22.7. The molecule has 0 atom stereocenters. The smallest absolute Gasteiger partial charge is 0.262 e. The summed E-state index contributed by atoms with van der Waals surface area (Å²) in [6.07, 6.45) is 0. The number of nitriles is 1. The van der Waals surface area contributed by atoms with Crippen LogP contribution in [0.4, 0.5) is 5.69 Å². The number of carbonyl (C=O) groups excluding carboxylic acids is 2. The lowest BCUT2D eigenvalue weighted by molar-refractivity contribution is -0.118. The SMILES string of the molecule is COc1cc(Cl)cc(C(=O)NCc2ccc(C#N)cc2OCC(=O)Nc2ccccc2)c1. The lowest BCUT2D eigenvalue weighted by atomic mass is 10.1. The summed E-state index contributed by atoms with van der Waals surface area (Å²) in [6.45, 7) is -0.134. The fourth-order valence-electron chi connectivity index (χ4n) is 2.86. The number of methoxy groups -OCH3 is 1. The van der Waals surface area contributed by atoms with Crippen LogP contribution in [0.25, 0.3) is 0 Å². The molecule has 0 unspecified atom stereocenters. The number of ether oxygens (including phenoxy) is 2. The van der Waals surface area contributed by atoms with Gasteiger partial charge >= 0.3 is 0 Å². The summed E-state index contributed by atoms with van der Waals surface area (Å²) in [5, 5.41) is 15.1. The second-order valence-corrected chi connectivity index (χ2v) is 7.14. The van der Waals surface area contributed by atoms with E-state index in [4.69, 9.17) is 21.1 Å². The van der Waals surface area contributed by atoms with Crippen molar-refractivity contribution in [3.05, 3.63) is 88.4 Å². The third-order valence-corrected chi connectivity index (χ3v) is 4.64. The van der Waals surface area contributed by atoms with Gasteiger partial charge in [-0.1, -0.05) is 35.9 Å². The van der Waals surface area contributed by atoms with Gasteiger partial charge in [-0.2, -0.15) is 5.26 Å². The van der Waals surface area contributed by atoms with E-state index in [9.17, 15) is 14.9 Å². The number of halogens is 1. The predicted octanol–water partition coefficient (Wildman–Crippen LogP) is 4.17. The van der Waals surface area contributed by atoms with E-state index in [2.05, 4.69) is 10.6 Å². The molecule has 0 aliphatic rings. The van der Waals surface area contributed by atoms with E-state index in [1.807, 2.05) is 24.3 Å². The number of nitrogens with zero attached hydrogens (tertiary/aromatic N) is 1. The Morgan fingerprint density at radius 2 is 1.84 bits per heavy atom. The molecule has 0 aliphatic carbocycles. The van der Waals surface area contributed by atoms with Crippen molar-refractivity contribution in [2.45, 2.75) is 6.54 Å². The van der Waals surface area contributed by atoms with Gasteiger partial charge in [-0.3, -0.25) is 9.59 Å². The van der Waals surface area contributed by atoms with Crippen LogP contribution in [0.5, 0.6) is 11.5 Å². The van der Waals surface area contributed by atoms with Gasteiger partial charge in [0.25, 0.3) is 11.8 Å². The zero-order valence-corrected chi connectivity index (χ0v) is 18.0. The number of hydrogen-bond donors (Lipinski definition) is 2. The predicted molar refractivity (Wildman–Crippen MR) is 121 cm³/mol. The lowest BCUT2D eigenvalue weighted by Gasteiger charge is -2.13. The first-order valence-corrected chi connectivity index (χ1v) is 10.00. The largest absolute Gasteiger partial charge is 0.497 e.